The monoisotopic (exact) mass is 441 g/mol. The number of aromatic nitrogens is 2. The van der Waals surface area contributed by atoms with E-state index >= 15 is 0 Å². The first-order valence-electron chi connectivity index (χ1n) is 10.6. The van der Waals surface area contributed by atoms with Gasteiger partial charge < -0.3 is 0 Å². The largest absolute Gasteiger partial charge is 0.298 e. The number of nitrogens with zero attached hydrogens (tertiary/aromatic N) is 3. The van der Waals surface area contributed by atoms with Crippen molar-refractivity contribution >= 4 is 20.9 Å². The molecule has 2 aromatic carbocycles. The van der Waals surface area contributed by atoms with E-state index in [4.69, 9.17) is 0 Å². The first-order chi connectivity index (χ1) is 14.5. The van der Waals surface area contributed by atoms with E-state index in [0.717, 1.165) is 5.56 Å². The summed E-state index contributed by atoms with van der Waals surface area (Å²) in [6, 6.07) is 13.6. The Kier molecular flexibility index (Phi) is 6.39. The number of fused-ring (bicyclic) bond motifs is 1. The van der Waals surface area contributed by atoms with Gasteiger partial charge in [-0.15, -0.1) is 0 Å². The standard InChI is InChI=1S/C24H31N3O3S/c1-7-21(22-25-20-12-10-9-11-19(20)23(28)26(22)6)27(8-2)31(29,30)18-15-13-17(14-16-18)24(3,4)5/h9-16,21H,7-8H2,1-6H3. The molecule has 6 nitrogen and oxygen atoms in total. The Morgan fingerprint density at radius 3 is 2.19 bits per heavy atom. The van der Waals surface area contributed by atoms with Crippen LogP contribution in [0.25, 0.3) is 10.9 Å². The summed E-state index contributed by atoms with van der Waals surface area (Å²) in [5, 5.41) is 0.521. The number of benzene rings is 2. The van der Waals surface area contributed by atoms with Gasteiger partial charge in [0.15, 0.2) is 0 Å². The van der Waals surface area contributed by atoms with Crippen molar-refractivity contribution in [2.45, 2.75) is 57.4 Å². The SMILES string of the molecule is CCC(c1nc2ccccc2c(=O)n1C)N(CC)S(=O)(=O)c1ccc(C(C)(C)C)cc1. The van der Waals surface area contributed by atoms with Gasteiger partial charge in [-0.05, 0) is 41.7 Å². The summed E-state index contributed by atoms with van der Waals surface area (Å²) in [5.41, 5.74) is 1.40. The van der Waals surface area contributed by atoms with Crippen molar-refractivity contribution in [2.75, 3.05) is 6.54 Å². The van der Waals surface area contributed by atoms with Crippen LogP contribution in [-0.4, -0.2) is 28.8 Å². The Labute approximate surface area is 184 Å². The second-order valence-corrected chi connectivity index (χ2v) is 10.6. The molecular formula is C24H31N3O3S. The lowest BCUT2D eigenvalue weighted by atomic mass is 9.87. The van der Waals surface area contributed by atoms with E-state index < -0.39 is 16.1 Å². The maximum atomic E-state index is 13.6. The summed E-state index contributed by atoms with van der Waals surface area (Å²) in [5.74, 6) is 0.447. The molecule has 0 saturated carbocycles. The molecule has 166 valence electrons. The zero-order chi connectivity index (χ0) is 23.0. The predicted octanol–water partition coefficient (Wildman–Crippen LogP) is 4.39. The van der Waals surface area contributed by atoms with Crippen molar-refractivity contribution < 1.29 is 8.42 Å². The van der Waals surface area contributed by atoms with E-state index in [0.29, 0.717) is 23.1 Å². The number of hydrogen-bond acceptors (Lipinski definition) is 4. The molecule has 1 aromatic heterocycles. The Bertz CT molecular complexity index is 1240. The van der Waals surface area contributed by atoms with Crippen molar-refractivity contribution in [1.29, 1.82) is 0 Å². The summed E-state index contributed by atoms with van der Waals surface area (Å²) in [4.78, 5) is 17.8. The lowest BCUT2D eigenvalue weighted by Gasteiger charge is -2.30. The molecule has 0 radical (unpaired) electrons. The van der Waals surface area contributed by atoms with Gasteiger partial charge in [-0.3, -0.25) is 9.36 Å². The lowest BCUT2D eigenvalue weighted by molar-refractivity contribution is 0.309. The van der Waals surface area contributed by atoms with Gasteiger partial charge in [0.2, 0.25) is 10.0 Å². The van der Waals surface area contributed by atoms with Gasteiger partial charge in [0.25, 0.3) is 5.56 Å². The van der Waals surface area contributed by atoms with Crippen molar-refractivity contribution in [3.8, 4) is 0 Å². The molecule has 0 aliphatic rings. The molecule has 0 aliphatic heterocycles. The minimum atomic E-state index is -3.78. The minimum Gasteiger partial charge on any atom is -0.298 e. The number of sulfonamides is 1. The van der Waals surface area contributed by atoms with E-state index in [2.05, 4.69) is 25.8 Å². The quantitative estimate of drug-likeness (QED) is 0.569. The van der Waals surface area contributed by atoms with E-state index in [9.17, 15) is 13.2 Å². The van der Waals surface area contributed by atoms with Gasteiger partial charge in [0.1, 0.15) is 5.82 Å². The van der Waals surface area contributed by atoms with Crippen LogP contribution in [0, 0.1) is 0 Å². The van der Waals surface area contributed by atoms with Gasteiger partial charge in [0.05, 0.1) is 21.8 Å². The zero-order valence-electron chi connectivity index (χ0n) is 19.1. The van der Waals surface area contributed by atoms with Crippen LogP contribution in [0.2, 0.25) is 0 Å². The highest BCUT2D eigenvalue weighted by atomic mass is 32.2. The maximum absolute atomic E-state index is 13.6. The van der Waals surface area contributed by atoms with Gasteiger partial charge >= 0.3 is 0 Å². The smallest absolute Gasteiger partial charge is 0.261 e. The molecule has 3 rings (SSSR count). The molecule has 1 unspecified atom stereocenters. The van der Waals surface area contributed by atoms with Gasteiger partial charge in [-0.25, -0.2) is 13.4 Å². The molecule has 31 heavy (non-hydrogen) atoms. The van der Waals surface area contributed by atoms with Gasteiger partial charge in [-0.2, -0.15) is 4.31 Å². The van der Waals surface area contributed by atoms with Crippen molar-refractivity contribution in [3.63, 3.8) is 0 Å². The van der Waals surface area contributed by atoms with E-state index in [1.54, 1.807) is 37.4 Å². The summed E-state index contributed by atoms with van der Waals surface area (Å²) < 4.78 is 30.0. The Balaban J connectivity index is 2.11. The minimum absolute atomic E-state index is 0.0635. The van der Waals surface area contributed by atoms with Gasteiger partial charge in [0, 0.05) is 13.6 Å². The summed E-state index contributed by atoms with van der Waals surface area (Å²) >= 11 is 0. The molecule has 0 saturated heterocycles. The molecule has 0 N–H and O–H groups in total. The van der Waals surface area contributed by atoms with Crippen molar-refractivity contribution in [2.24, 2.45) is 7.05 Å². The molecule has 1 heterocycles. The molecule has 0 amide bonds. The molecule has 0 spiro atoms. The van der Waals surface area contributed by atoms with Gasteiger partial charge in [-0.1, -0.05) is 58.9 Å². The zero-order valence-corrected chi connectivity index (χ0v) is 19.9. The summed E-state index contributed by atoms with van der Waals surface area (Å²) in [6.07, 6.45) is 0.492. The predicted molar refractivity (Wildman–Crippen MR) is 125 cm³/mol. The topological polar surface area (TPSA) is 72.3 Å². The Morgan fingerprint density at radius 2 is 1.65 bits per heavy atom. The second-order valence-electron chi connectivity index (χ2n) is 8.76. The van der Waals surface area contributed by atoms with Crippen LogP contribution in [0.15, 0.2) is 58.2 Å². The average molecular weight is 442 g/mol. The highest BCUT2D eigenvalue weighted by Gasteiger charge is 2.33. The first-order valence-corrected chi connectivity index (χ1v) is 12.0. The van der Waals surface area contributed by atoms with Crippen LogP contribution in [0.3, 0.4) is 0 Å². The third-order valence-electron chi connectivity index (χ3n) is 5.69. The van der Waals surface area contributed by atoms with Crippen LogP contribution in [-0.2, 0) is 22.5 Å². The highest BCUT2D eigenvalue weighted by molar-refractivity contribution is 7.89. The van der Waals surface area contributed by atoms with Crippen LogP contribution < -0.4 is 5.56 Å². The Morgan fingerprint density at radius 1 is 1.03 bits per heavy atom. The van der Waals surface area contributed by atoms with Crippen molar-refractivity contribution in [3.05, 3.63) is 70.3 Å². The molecule has 7 heteroatoms. The molecule has 1 atom stereocenters. The third-order valence-corrected chi connectivity index (χ3v) is 7.69. The fourth-order valence-electron chi connectivity index (χ4n) is 3.87. The summed E-state index contributed by atoms with van der Waals surface area (Å²) in [7, 11) is -2.13. The number of para-hydroxylation sites is 1. The molecule has 3 aromatic rings. The highest BCUT2D eigenvalue weighted by Crippen LogP contribution is 2.30. The lowest BCUT2D eigenvalue weighted by Crippen LogP contribution is -2.38. The maximum Gasteiger partial charge on any atom is 0.261 e. The second kappa shape index (κ2) is 8.55. The van der Waals surface area contributed by atoms with Crippen LogP contribution in [0.5, 0.6) is 0 Å². The van der Waals surface area contributed by atoms with Crippen molar-refractivity contribution in [1.82, 2.24) is 13.9 Å². The average Bonchev–Trinajstić information content (AvgIpc) is 2.74. The molecule has 0 bridgehead atoms. The molecular weight excluding hydrogens is 410 g/mol. The molecule has 0 fully saturated rings. The van der Waals surface area contributed by atoms with Crippen LogP contribution in [0.1, 0.15) is 58.5 Å². The normalized spacial score (nSPS) is 13.6. The third kappa shape index (κ3) is 4.29. The summed E-state index contributed by atoms with van der Waals surface area (Å²) in [6.45, 7) is 10.3. The molecule has 0 aliphatic carbocycles. The number of rotatable bonds is 6. The Hall–Kier alpha value is -2.51. The van der Waals surface area contributed by atoms with E-state index in [1.807, 2.05) is 32.0 Å². The number of hydrogen-bond donors (Lipinski definition) is 0. The van der Waals surface area contributed by atoms with E-state index in [1.165, 1.54) is 8.87 Å². The fourth-order valence-corrected chi connectivity index (χ4v) is 5.54. The van der Waals surface area contributed by atoms with E-state index in [-0.39, 0.29) is 22.4 Å². The fraction of sp³-hybridized carbons (Fsp3) is 0.417. The first kappa shape index (κ1) is 23.2. The van der Waals surface area contributed by atoms with Crippen LogP contribution >= 0.6 is 0 Å². The van der Waals surface area contributed by atoms with Crippen LogP contribution in [0.4, 0.5) is 0 Å².